The van der Waals surface area contributed by atoms with Gasteiger partial charge in [0.15, 0.2) is 0 Å². The number of piperidine rings is 1. The Kier molecular flexibility index (Phi) is 6.76. The quantitative estimate of drug-likeness (QED) is 0.809. The first-order valence-electron chi connectivity index (χ1n) is 7.01. The van der Waals surface area contributed by atoms with Gasteiger partial charge in [0.05, 0.1) is 0 Å². The van der Waals surface area contributed by atoms with Crippen molar-refractivity contribution < 1.29 is 0 Å². The van der Waals surface area contributed by atoms with Crippen molar-refractivity contribution in [1.82, 2.24) is 10.2 Å². The van der Waals surface area contributed by atoms with Gasteiger partial charge in [-0.05, 0) is 44.6 Å². The van der Waals surface area contributed by atoms with E-state index >= 15 is 0 Å². The van der Waals surface area contributed by atoms with Gasteiger partial charge < -0.3 is 16.0 Å². The Hall–Kier alpha value is -1.06. The Morgan fingerprint density at radius 2 is 1.83 bits per heavy atom. The minimum Gasteiger partial charge on any atom is -0.398 e. The molecule has 1 fully saturated rings. The number of rotatable bonds is 3. The molecule has 0 unspecified atom stereocenters. The summed E-state index contributed by atoms with van der Waals surface area (Å²) in [6.07, 6.45) is 2.48. The lowest BCUT2D eigenvalue weighted by atomic mass is 10.0. The fourth-order valence-corrected chi connectivity index (χ4v) is 2.16. The zero-order chi connectivity index (χ0) is 13.4. The molecule has 1 aromatic rings. The topological polar surface area (TPSA) is 41.3 Å². The van der Waals surface area contributed by atoms with E-state index in [1.165, 1.54) is 31.5 Å². The minimum absolute atomic E-state index is 0.649. The second-order valence-corrected chi connectivity index (χ2v) is 4.66. The molecular weight excluding hydrogens is 222 g/mol. The predicted molar refractivity (Wildman–Crippen MR) is 79.6 cm³/mol. The highest BCUT2D eigenvalue weighted by atomic mass is 15.1. The summed E-state index contributed by atoms with van der Waals surface area (Å²) in [5, 5.41) is 3.59. The van der Waals surface area contributed by atoms with E-state index in [1.807, 2.05) is 32.0 Å². The Balaban J connectivity index is 0.000000771. The zero-order valence-corrected chi connectivity index (χ0v) is 11.9. The first kappa shape index (κ1) is 15.0. The smallest absolute Gasteiger partial charge is 0.0359 e. The summed E-state index contributed by atoms with van der Waals surface area (Å²) >= 11 is 0. The molecule has 3 heteroatoms. The van der Waals surface area contributed by atoms with E-state index in [-0.39, 0.29) is 0 Å². The lowest BCUT2D eigenvalue weighted by Gasteiger charge is -2.29. The van der Waals surface area contributed by atoms with Crippen LogP contribution in [0.2, 0.25) is 0 Å². The van der Waals surface area contributed by atoms with E-state index in [2.05, 4.69) is 23.3 Å². The lowest BCUT2D eigenvalue weighted by Crippen LogP contribution is -2.40. The van der Waals surface area contributed by atoms with Crippen LogP contribution in [0.4, 0.5) is 5.69 Å². The Bertz CT molecular complexity index is 330. The normalized spacial score (nSPS) is 17.1. The molecule has 0 saturated carbocycles. The molecule has 2 rings (SSSR count). The van der Waals surface area contributed by atoms with Crippen LogP contribution in [0.25, 0.3) is 0 Å². The average Bonchev–Trinajstić information content (AvgIpc) is 2.42. The number of benzene rings is 1. The van der Waals surface area contributed by atoms with E-state index in [1.54, 1.807) is 0 Å². The van der Waals surface area contributed by atoms with Gasteiger partial charge in [-0.2, -0.15) is 0 Å². The van der Waals surface area contributed by atoms with E-state index < -0.39 is 0 Å². The van der Waals surface area contributed by atoms with Gasteiger partial charge >= 0.3 is 0 Å². The van der Waals surface area contributed by atoms with Crippen molar-refractivity contribution >= 4 is 5.69 Å². The van der Waals surface area contributed by atoms with Crippen LogP contribution in [0.3, 0.4) is 0 Å². The number of anilines is 1. The highest BCUT2D eigenvalue weighted by molar-refractivity contribution is 5.46. The molecule has 0 bridgehead atoms. The summed E-state index contributed by atoms with van der Waals surface area (Å²) in [4.78, 5) is 2.38. The minimum atomic E-state index is 0.649. The summed E-state index contributed by atoms with van der Waals surface area (Å²) in [5.74, 6) is 0. The molecule has 0 atom stereocenters. The van der Waals surface area contributed by atoms with Gasteiger partial charge in [-0.1, -0.05) is 32.0 Å². The van der Waals surface area contributed by atoms with Gasteiger partial charge in [0.2, 0.25) is 0 Å². The molecule has 1 saturated heterocycles. The molecular formula is C15H27N3. The number of hydrogen-bond donors (Lipinski definition) is 2. The third kappa shape index (κ3) is 4.67. The SMILES string of the molecule is CC.CN1CCC(NCc2ccccc2N)CC1. The van der Waals surface area contributed by atoms with Crippen molar-refractivity contribution in [3.8, 4) is 0 Å². The number of nitrogen functional groups attached to an aromatic ring is 1. The summed E-state index contributed by atoms with van der Waals surface area (Å²) in [5.41, 5.74) is 8.01. The van der Waals surface area contributed by atoms with Gasteiger partial charge in [0.25, 0.3) is 0 Å². The fourth-order valence-electron chi connectivity index (χ4n) is 2.16. The first-order chi connectivity index (χ1) is 8.75. The monoisotopic (exact) mass is 249 g/mol. The number of nitrogens with zero attached hydrogens (tertiary/aromatic N) is 1. The van der Waals surface area contributed by atoms with Crippen molar-refractivity contribution in [2.24, 2.45) is 0 Å². The molecule has 1 aliphatic rings. The van der Waals surface area contributed by atoms with Crippen LogP contribution in [0, 0.1) is 0 Å². The van der Waals surface area contributed by atoms with Crippen molar-refractivity contribution in [3.63, 3.8) is 0 Å². The van der Waals surface area contributed by atoms with E-state index in [0.29, 0.717) is 6.04 Å². The Morgan fingerprint density at radius 3 is 2.44 bits per heavy atom. The average molecular weight is 249 g/mol. The number of likely N-dealkylation sites (tertiary alicyclic amines) is 1. The third-order valence-electron chi connectivity index (χ3n) is 3.35. The lowest BCUT2D eigenvalue weighted by molar-refractivity contribution is 0.234. The highest BCUT2D eigenvalue weighted by Crippen LogP contribution is 2.13. The highest BCUT2D eigenvalue weighted by Gasteiger charge is 2.15. The molecule has 3 nitrogen and oxygen atoms in total. The number of hydrogen-bond acceptors (Lipinski definition) is 3. The molecule has 3 N–H and O–H groups in total. The second kappa shape index (κ2) is 8.11. The third-order valence-corrected chi connectivity index (χ3v) is 3.35. The summed E-state index contributed by atoms with van der Waals surface area (Å²) in [6, 6.07) is 8.73. The van der Waals surface area contributed by atoms with Crippen LogP contribution < -0.4 is 11.1 Å². The van der Waals surface area contributed by atoms with Gasteiger partial charge in [-0.15, -0.1) is 0 Å². The van der Waals surface area contributed by atoms with Crippen LogP contribution in [0.5, 0.6) is 0 Å². The number of nitrogens with one attached hydrogen (secondary N) is 1. The second-order valence-electron chi connectivity index (χ2n) is 4.66. The molecule has 0 radical (unpaired) electrons. The maximum Gasteiger partial charge on any atom is 0.0359 e. The Labute approximate surface area is 111 Å². The predicted octanol–water partition coefficient (Wildman–Crippen LogP) is 2.48. The van der Waals surface area contributed by atoms with Crippen molar-refractivity contribution in [2.75, 3.05) is 25.9 Å². The molecule has 18 heavy (non-hydrogen) atoms. The molecule has 0 aliphatic carbocycles. The van der Waals surface area contributed by atoms with E-state index in [9.17, 15) is 0 Å². The summed E-state index contributed by atoms with van der Waals surface area (Å²) < 4.78 is 0. The first-order valence-corrected chi connectivity index (χ1v) is 7.01. The number of para-hydroxylation sites is 1. The van der Waals surface area contributed by atoms with Gasteiger partial charge in [-0.3, -0.25) is 0 Å². The van der Waals surface area contributed by atoms with Crippen LogP contribution in [0.1, 0.15) is 32.3 Å². The van der Waals surface area contributed by atoms with Crippen molar-refractivity contribution in [1.29, 1.82) is 0 Å². The van der Waals surface area contributed by atoms with Crippen LogP contribution in [-0.2, 0) is 6.54 Å². The standard InChI is InChI=1S/C13H21N3.C2H6/c1-16-8-6-12(7-9-16)15-10-11-4-2-3-5-13(11)14;1-2/h2-5,12,15H,6-10,14H2,1H3;1-2H3. The maximum atomic E-state index is 5.91. The zero-order valence-electron chi connectivity index (χ0n) is 11.9. The van der Waals surface area contributed by atoms with Crippen molar-refractivity contribution in [2.45, 2.75) is 39.3 Å². The largest absolute Gasteiger partial charge is 0.398 e. The number of nitrogens with two attached hydrogens (primary N) is 1. The van der Waals surface area contributed by atoms with Crippen molar-refractivity contribution in [3.05, 3.63) is 29.8 Å². The molecule has 0 amide bonds. The van der Waals surface area contributed by atoms with Crippen LogP contribution in [0.15, 0.2) is 24.3 Å². The summed E-state index contributed by atoms with van der Waals surface area (Å²) in [6.45, 7) is 7.28. The Morgan fingerprint density at radius 1 is 1.22 bits per heavy atom. The molecule has 0 aromatic heterocycles. The van der Waals surface area contributed by atoms with Gasteiger partial charge in [0, 0.05) is 18.3 Å². The van der Waals surface area contributed by atoms with Crippen LogP contribution >= 0.6 is 0 Å². The molecule has 102 valence electrons. The van der Waals surface area contributed by atoms with Gasteiger partial charge in [0.1, 0.15) is 0 Å². The fraction of sp³-hybridized carbons (Fsp3) is 0.600. The van der Waals surface area contributed by atoms with Crippen LogP contribution in [-0.4, -0.2) is 31.1 Å². The van der Waals surface area contributed by atoms with E-state index in [4.69, 9.17) is 5.73 Å². The molecule has 1 aromatic carbocycles. The molecule has 1 aliphatic heterocycles. The molecule has 0 spiro atoms. The van der Waals surface area contributed by atoms with Gasteiger partial charge in [-0.25, -0.2) is 0 Å². The van der Waals surface area contributed by atoms with E-state index in [0.717, 1.165) is 12.2 Å². The summed E-state index contributed by atoms with van der Waals surface area (Å²) in [7, 11) is 2.19. The maximum absolute atomic E-state index is 5.91. The molecule has 1 heterocycles.